The number of carbonyl (C=O) groups excluding carboxylic acids is 1. The molecule has 138 valence electrons. The highest BCUT2D eigenvalue weighted by molar-refractivity contribution is 5.80. The van der Waals surface area contributed by atoms with E-state index in [2.05, 4.69) is 34.2 Å². The van der Waals surface area contributed by atoms with Gasteiger partial charge >= 0.3 is 5.97 Å². The maximum absolute atomic E-state index is 11.7. The molecule has 0 aromatic carbocycles. The zero-order chi connectivity index (χ0) is 17.6. The van der Waals surface area contributed by atoms with Gasteiger partial charge in [-0.1, -0.05) is 19.3 Å². The number of hydrogen-bond donors (Lipinski definition) is 1. The van der Waals surface area contributed by atoms with E-state index in [0.29, 0.717) is 0 Å². The minimum Gasteiger partial charge on any atom is -0.469 e. The third-order valence-electron chi connectivity index (χ3n) is 5.85. The molecule has 1 saturated carbocycles. The van der Waals surface area contributed by atoms with E-state index in [9.17, 15) is 4.79 Å². The summed E-state index contributed by atoms with van der Waals surface area (Å²) >= 11 is 0. The SMILES string of the molecule is CN=C(NCC1(N(C)C)CCCCC1)N1CCC(C(=O)OC)CC1. The molecule has 0 amide bonds. The first-order valence-electron chi connectivity index (χ1n) is 9.23. The van der Waals surface area contributed by atoms with Gasteiger partial charge in [0.1, 0.15) is 0 Å². The van der Waals surface area contributed by atoms with Gasteiger partial charge in [0.05, 0.1) is 13.0 Å². The lowest BCUT2D eigenvalue weighted by atomic mass is 9.80. The molecule has 0 radical (unpaired) electrons. The second kappa shape index (κ2) is 8.70. The number of ether oxygens (including phenoxy) is 1. The Hall–Kier alpha value is -1.30. The highest BCUT2D eigenvalue weighted by Gasteiger charge is 2.35. The molecule has 0 aromatic rings. The molecular weight excluding hydrogens is 304 g/mol. The van der Waals surface area contributed by atoms with Crippen LogP contribution in [0.2, 0.25) is 0 Å². The van der Waals surface area contributed by atoms with Gasteiger partial charge in [-0.25, -0.2) is 0 Å². The van der Waals surface area contributed by atoms with Crippen molar-refractivity contribution >= 4 is 11.9 Å². The number of likely N-dealkylation sites (N-methyl/N-ethyl adjacent to an activating group) is 1. The van der Waals surface area contributed by atoms with Crippen LogP contribution in [0.4, 0.5) is 0 Å². The number of rotatable bonds is 4. The number of nitrogens with one attached hydrogen (secondary N) is 1. The molecule has 2 fully saturated rings. The molecule has 1 heterocycles. The fraction of sp³-hybridized carbons (Fsp3) is 0.889. The van der Waals surface area contributed by atoms with E-state index >= 15 is 0 Å². The summed E-state index contributed by atoms with van der Waals surface area (Å²) in [5.74, 6) is 0.923. The summed E-state index contributed by atoms with van der Waals surface area (Å²) in [6, 6.07) is 0. The minimum absolute atomic E-state index is 0.0378. The molecule has 0 atom stereocenters. The van der Waals surface area contributed by atoms with Crippen molar-refractivity contribution in [3.63, 3.8) is 0 Å². The van der Waals surface area contributed by atoms with Crippen LogP contribution in [0.1, 0.15) is 44.9 Å². The molecule has 1 aliphatic carbocycles. The molecule has 0 unspecified atom stereocenters. The van der Waals surface area contributed by atoms with Gasteiger partial charge in [0.15, 0.2) is 5.96 Å². The average molecular weight is 338 g/mol. The van der Waals surface area contributed by atoms with Gasteiger partial charge in [-0.05, 0) is 39.8 Å². The summed E-state index contributed by atoms with van der Waals surface area (Å²) in [7, 11) is 7.70. The number of likely N-dealkylation sites (tertiary alicyclic amines) is 1. The molecule has 2 aliphatic rings. The van der Waals surface area contributed by atoms with Crippen LogP contribution in [0.5, 0.6) is 0 Å². The highest BCUT2D eigenvalue weighted by Crippen LogP contribution is 2.31. The second-order valence-electron chi connectivity index (χ2n) is 7.36. The van der Waals surface area contributed by atoms with Gasteiger partial charge in [0.2, 0.25) is 0 Å². The predicted octanol–water partition coefficient (Wildman–Crippen LogP) is 1.71. The zero-order valence-corrected chi connectivity index (χ0v) is 15.8. The number of hydrogen-bond acceptors (Lipinski definition) is 4. The van der Waals surface area contributed by atoms with E-state index in [1.165, 1.54) is 39.2 Å². The molecule has 24 heavy (non-hydrogen) atoms. The number of esters is 1. The second-order valence-corrected chi connectivity index (χ2v) is 7.36. The highest BCUT2D eigenvalue weighted by atomic mass is 16.5. The normalized spacial score (nSPS) is 22.5. The monoisotopic (exact) mass is 338 g/mol. The third kappa shape index (κ3) is 4.41. The molecule has 0 bridgehead atoms. The van der Waals surface area contributed by atoms with Crippen LogP contribution in [0.25, 0.3) is 0 Å². The fourth-order valence-electron chi connectivity index (χ4n) is 4.06. The zero-order valence-electron chi connectivity index (χ0n) is 15.8. The molecular formula is C18H34N4O2. The standard InChI is InChI=1S/C18H34N4O2/c1-19-17(22-12-8-15(9-13-22)16(23)24-4)20-14-18(21(2)3)10-6-5-7-11-18/h15H,5-14H2,1-4H3,(H,19,20). The van der Waals surface area contributed by atoms with E-state index in [1.807, 2.05) is 7.05 Å². The topological polar surface area (TPSA) is 57.2 Å². The number of guanidine groups is 1. The van der Waals surface area contributed by atoms with Crippen molar-refractivity contribution in [2.75, 3.05) is 47.9 Å². The van der Waals surface area contributed by atoms with Crippen LogP contribution in [0.15, 0.2) is 4.99 Å². The number of aliphatic imine (C=N–C) groups is 1. The lowest BCUT2D eigenvalue weighted by Crippen LogP contribution is -2.56. The van der Waals surface area contributed by atoms with E-state index in [-0.39, 0.29) is 17.4 Å². The molecule has 2 rings (SSSR count). The van der Waals surface area contributed by atoms with E-state index < -0.39 is 0 Å². The van der Waals surface area contributed by atoms with Crippen molar-refractivity contribution in [1.29, 1.82) is 0 Å². The van der Waals surface area contributed by atoms with Gasteiger partial charge in [-0.3, -0.25) is 9.79 Å². The molecule has 1 aliphatic heterocycles. The summed E-state index contributed by atoms with van der Waals surface area (Å²) in [6.07, 6.45) is 8.14. The average Bonchev–Trinajstić information content (AvgIpc) is 2.62. The third-order valence-corrected chi connectivity index (χ3v) is 5.85. The van der Waals surface area contributed by atoms with Crippen LogP contribution in [0, 0.1) is 5.92 Å². The van der Waals surface area contributed by atoms with Crippen molar-refractivity contribution in [2.45, 2.75) is 50.5 Å². The molecule has 1 N–H and O–H groups in total. The maximum Gasteiger partial charge on any atom is 0.308 e. The van der Waals surface area contributed by atoms with E-state index in [4.69, 9.17) is 4.74 Å². The first-order chi connectivity index (χ1) is 11.5. The quantitative estimate of drug-likeness (QED) is 0.480. The fourth-order valence-corrected chi connectivity index (χ4v) is 4.06. The molecule has 1 saturated heterocycles. The summed E-state index contributed by atoms with van der Waals surface area (Å²) in [5.41, 5.74) is 0.235. The van der Waals surface area contributed by atoms with Gasteiger partial charge in [-0.15, -0.1) is 0 Å². The van der Waals surface area contributed by atoms with Crippen LogP contribution in [-0.2, 0) is 9.53 Å². The predicted molar refractivity (Wildman–Crippen MR) is 97.2 cm³/mol. The number of methoxy groups -OCH3 is 1. The lowest BCUT2D eigenvalue weighted by Gasteiger charge is -2.44. The van der Waals surface area contributed by atoms with Crippen molar-refractivity contribution in [1.82, 2.24) is 15.1 Å². The van der Waals surface area contributed by atoms with Crippen LogP contribution in [0.3, 0.4) is 0 Å². The molecule has 6 heteroatoms. The Labute approximate surface area is 146 Å². The first-order valence-corrected chi connectivity index (χ1v) is 9.23. The lowest BCUT2D eigenvalue weighted by molar-refractivity contribution is -0.146. The Balaban J connectivity index is 1.89. The van der Waals surface area contributed by atoms with Crippen LogP contribution < -0.4 is 5.32 Å². The van der Waals surface area contributed by atoms with Crippen molar-refractivity contribution < 1.29 is 9.53 Å². The maximum atomic E-state index is 11.7. The summed E-state index contributed by atoms with van der Waals surface area (Å²) < 4.78 is 4.87. The van der Waals surface area contributed by atoms with Crippen molar-refractivity contribution in [3.05, 3.63) is 0 Å². The summed E-state index contributed by atoms with van der Waals surface area (Å²) in [6.45, 7) is 2.65. The minimum atomic E-state index is -0.0774. The van der Waals surface area contributed by atoms with Crippen molar-refractivity contribution in [2.24, 2.45) is 10.9 Å². The van der Waals surface area contributed by atoms with Gasteiger partial charge in [-0.2, -0.15) is 0 Å². The first kappa shape index (κ1) is 19.0. The molecule has 6 nitrogen and oxygen atoms in total. The van der Waals surface area contributed by atoms with Crippen LogP contribution >= 0.6 is 0 Å². The smallest absolute Gasteiger partial charge is 0.308 e. The van der Waals surface area contributed by atoms with Crippen molar-refractivity contribution in [3.8, 4) is 0 Å². The Morgan fingerprint density at radius 2 is 1.88 bits per heavy atom. The Kier molecular flexibility index (Phi) is 6.90. The largest absolute Gasteiger partial charge is 0.469 e. The van der Waals surface area contributed by atoms with Gasteiger partial charge in [0, 0.05) is 32.2 Å². The van der Waals surface area contributed by atoms with E-state index in [0.717, 1.165) is 38.4 Å². The summed E-state index contributed by atoms with van der Waals surface area (Å²) in [5, 5.41) is 3.61. The van der Waals surface area contributed by atoms with Gasteiger partial charge in [0.25, 0.3) is 0 Å². The van der Waals surface area contributed by atoms with Gasteiger partial charge < -0.3 is 19.9 Å². The van der Waals surface area contributed by atoms with E-state index in [1.54, 1.807) is 0 Å². The number of carbonyl (C=O) groups is 1. The Morgan fingerprint density at radius 3 is 2.38 bits per heavy atom. The number of nitrogens with zero attached hydrogens (tertiary/aromatic N) is 3. The Bertz CT molecular complexity index is 436. The molecule has 0 aromatic heterocycles. The molecule has 0 spiro atoms. The number of piperidine rings is 1. The summed E-state index contributed by atoms with van der Waals surface area (Å²) in [4.78, 5) is 20.8. The Morgan fingerprint density at radius 1 is 1.25 bits per heavy atom. The van der Waals surface area contributed by atoms with Crippen LogP contribution in [-0.4, -0.2) is 75.2 Å².